The van der Waals surface area contributed by atoms with Gasteiger partial charge >= 0.3 is 12.0 Å². The summed E-state index contributed by atoms with van der Waals surface area (Å²) in [5.74, 6) is -0.950. The summed E-state index contributed by atoms with van der Waals surface area (Å²) in [6.45, 7) is 6.53. The highest BCUT2D eigenvalue weighted by Gasteiger charge is 2.21. The summed E-state index contributed by atoms with van der Waals surface area (Å²) in [5.41, 5.74) is 0.911. The molecule has 0 atom stereocenters. The summed E-state index contributed by atoms with van der Waals surface area (Å²) in [5, 5.41) is 11.8. The third-order valence-corrected chi connectivity index (χ3v) is 3.29. The lowest BCUT2D eigenvalue weighted by molar-refractivity contribution is 0.0696. The number of benzene rings is 1. The lowest BCUT2D eigenvalue weighted by Crippen LogP contribution is -2.48. The van der Waals surface area contributed by atoms with Crippen LogP contribution in [0.1, 0.15) is 49.5 Å². The fourth-order valence-corrected chi connectivity index (χ4v) is 2.17. The number of urea groups is 1. The molecule has 5 nitrogen and oxygen atoms in total. The highest BCUT2D eigenvalue weighted by atomic mass is 16.4. The molecule has 5 heteroatoms. The van der Waals surface area contributed by atoms with E-state index in [4.69, 9.17) is 5.11 Å². The second kappa shape index (κ2) is 7.11. The number of carbonyl (C=O) groups excluding carboxylic acids is 1. The van der Waals surface area contributed by atoms with E-state index in [0.717, 1.165) is 18.4 Å². The van der Waals surface area contributed by atoms with E-state index in [1.54, 1.807) is 36.2 Å². The first-order chi connectivity index (χ1) is 9.75. The van der Waals surface area contributed by atoms with Crippen LogP contribution in [0, 0.1) is 0 Å². The molecular formula is C16H24N2O3. The molecule has 0 heterocycles. The first-order valence-corrected chi connectivity index (χ1v) is 7.10. The van der Waals surface area contributed by atoms with Crippen LogP contribution in [-0.2, 0) is 6.54 Å². The highest BCUT2D eigenvalue weighted by Crippen LogP contribution is 2.12. The molecule has 0 spiro atoms. The predicted molar refractivity (Wildman–Crippen MR) is 82.4 cm³/mol. The predicted octanol–water partition coefficient (Wildman–Crippen LogP) is 3.10. The van der Waals surface area contributed by atoms with Crippen molar-refractivity contribution in [3.05, 3.63) is 35.4 Å². The largest absolute Gasteiger partial charge is 0.478 e. The van der Waals surface area contributed by atoms with Crippen LogP contribution >= 0.6 is 0 Å². The van der Waals surface area contributed by atoms with Crippen molar-refractivity contribution in [2.24, 2.45) is 0 Å². The third kappa shape index (κ3) is 5.45. The van der Waals surface area contributed by atoms with Crippen LogP contribution in [0.3, 0.4) is 0 Å². The van der Waals surface area contributed by atoms with Crippen LogP contribution < -0.4 is 5.32 Å². The van der Waals surface area contributed by atoms with Gasteiger partial charge in [0.1, 0.15) is 0 Å². The monoisotopic (exact) mass is 292 g/mol. The molecule has 0 fully saturated rings. The summed E-state index contributed by atoms with van der Waals surface area (Å²) < 4.78 is 0. The molecule has 0 bridgehead atoms. The second-order valence-electron chi connectivity index (χ2n) is 5.92. The summed E-state index contributed by atoms with van der Waals surface area (Å²) in [4.78, 5) is 24.5. The van der Waals surface area contributed by atoms with E-state index < -0.39 is 5.97 Å². The number of hydrogen-bond donors (Lipinski definition) is 2. The lowest BCUT2D eigenvalue weighted by Gasteiger charge is -2.29. The molecule has 0 saturated heterocycles. The van der Waals surface area contributed by atoms with E-state index in [0.29, 0.717) is 6.54 Å². The van der Waals surface area contributed by atoms with Crippen molar-refractivity contribution in [1.82, 2.24) is 10.2 Å². The maximum atomic E-state index is 12.1. The van der Waals surface area contributed by atoms with Gasteiger partial charge in [-0.3, -0.25) is 0 Å². The molecule has 0 radical (unpaired) electrons. The Morgan fingerprint density at radius 3 is 2.29 bits per heavy atom. The summed E-state index contributed by atoms with van der Waals surface area (Å²) in [7, 11) is 1.72. The fourth-order valence-electron chi connectivity index (χ4n) is 2.17. The number of carbonyl (C=O) groups is 2. The zero-order valence-electron chi connectivity index (χ0n) is 13.1. The Labute approximate surface area is 126 Å². The van der Waals surface area contributed by atoms with Crippen LogP contribution in [-0.4, -0.2) is 34.6 Å². The number of aromatic carboxylic acids is 1. The average Bonchev–Trinajstić information content (AvgIpc) is 2.38. The molecular weight excluding hydrogens is 268 g/mol. The third-order valence-electron chi connectivity index (χ3n) is 3.29. The molecule has 1 aromatic carbocycles. The minimum absolute atomic E-state index is 0.129. The molecule has 1 aromatic rings. The Balaban J connectivity index is 2.61. The van der Waals surface area contributed by atoms with Gasteiger partial charge < -0.3 is 15.3 Å². The van der Waals surface area contributed by atoms with Crippen molar-refractivity contribution in [1.29, 1.82) is 0 Å². The Morgan fingerprint density at radius 2 is 1.81 bits per heavy atom. The summed E-state index contributed by atoms with van der Waals surface area (Å²) >= 11 is 0. The number of nitrogens with one attached hydrogen (secondary N) is 1. The van der Waals surface area contributed by atoms with Gasteiger partial charge in [0.15, 0.2) is 0 Å². The van der Waals surface area contributed by atoms with Crippen LogP contribution in [0.15, 0.2) is 24.3 Å². The Kier molecular flexibility index (Phi) is 5.76. The van der Waals surface area contributed by atoms with E-state index in [9.17, 15) is 9.59 Å². The van der Waals surface area contributed by atoms with Crippen molar-refractivity contribution in [3.8, 4) is 0 Å². The topological polar surface area (TPSA) is 69.6 Å². The van der Waals surface area contributed by atoms with Crippen molar-refractivity contribution < 1.29 is 14.7 Å². The fraction of sp³-hybridized carbons (Fsp3) is 0.500. The van der Waals surface area contributed by atoms with Gasteiger partial charge in [-0.15, -0.1) is 0 Å². The van der Waals surface area contributed by atoms with Crippen molar-refractivity contribution >= 4 is 12.0 Å². The van der Waals surface area contributed by atoms with Crippen molar-refractivity contribution in [2.45, 2.75) is 45.7 Å². The van der Waals surface area contributed by atoms with Gasteiger partial charge in [-0.05, 0) is 38.0 Å². The molecule has 0 saturated carbocycles. The van der Waals surface area contributed by atoms with Gasteiger partial charge in [-0.25, -0.2) is 9.59 Å². The SMILES string of the molecule is CCCC(C)(C)NC(=O)N(C)Cc1ccc(C(=O)O)cc1. The molecule has 0 aliphatic rings. The van der Waals surface area contributed by atoms with Crippen LogP contribution in [0.5, 0.6) is 0 Å². The summed E-state index contributed by atoms with van der Waals surface area (Å²) in [6.07, 6.45) is 1.92. The minimum atomic E-state index is -0.950. The van der Waals surface area contributed by atoms with E-state index in [1.807, 2.05) is 13.8 Å². The number of nitrogens with zero attached hydrogens (tertiary/aromatic N) is 1. The average molecular weight is 292 g/mol. The minimum Gasteiger partial charge on any atom is -0.478 e. The molecule has 0 unspecified atom stereocenters. The van der Waals surface area contributed by atoms with Crippen LogP contribution in [0.2, 0.25) is 0 Å². The van der Waals surface area contributed by atoms with E-state index >= 15 is 0 Å². The molecule has 2 N–H and O–H groups in total. The Bertz CT molecular complexity index is 495. The smallest absolute Gasteiger partial charge is 0.335 e. The summed E-state index contributed by atoms with van der Waals surface area (Å²) in [6, 6.07) is 6.42. The van der Waals surface area contributed by atoms with E-state index in [-0.39, 0.29) is 17.1 Å². The molecule has 1 rings (SSSR count). The molecule has 21 heavy (non-hydrogen) atoms. The maximum absolute atomic E-state index is 12.1. The zero-order chi connectivity index (χ0) is 16.0. The zero-order valence-corrected chi connectivity index (χ0v) is 13.1. The Morgan fingerprint density at radius 1 is 1.24 bits per heavy atom. The Hall–Kier alpha value is -2.04. The van der Waals surface area contributed by atoms with Gasteiger partial charge in [0.25, 0.3) is 0 Å². The second-order valence-corrected chi connectivity index (χ2v) is 5.92. The molecule has 2 amide bonds. The van der Waals surface area contributed by atoms with E-state index in [1.165, 1.54) is 0 Å². The molecule has 0 aliphatic heterocycles. The standard InChI is InChI=1S/C16H24N2O3/c1-5-10-16(2,3)17-15(21)18(4)11-12-6-8-13(9-7-12)14(19)20/h6-9H,5,10-11H2,1-4H3,(H,17,21)(H,19,20). The van der Waals surface area contributed by atoms with Gasteiger partial charge in [0, 0.05) is 19.1 Å². The van der Waals surface area contributed by atoms with Crippen molar-refractivity contribution in [3.63, 3.8) is 0 Å². The normalized spacial score (nSPS) is 11.0. The number of hydrogen-bond acceptors (Lipinski definition) is 2. The van der Waals surface area contributed by atoms with Gasteiger partial charge in [0.2, 0.25) is 0 Å². The number of rotatable bonds is 6. The quantitative estimate of drug-likeness (QED) is 0.846. The number of amides is 2. The first-order valence-electron chi connectivity index (χ1n) is 7.10. The molecule has 116 valence electrons. The van der Waals surface area contributed by atoms with Crippen LogP contribution in [0.25, 0.3) is 0 Å². The number of carboxylic acid groups (broad SMARTS) is 1. The van der Waals surface area contributed by atoms with Gasteiger partial charge in [-0.1, -0.05) is 25.5 Å². The van der Waals surface area contributed by atoms with E-state index in [2.05, 4.69) is 12.2 Å². The van der Waals surface area contributed by atoms with Crippen LogP contribution in [0.4, 0.5) is 4.79 Å². The van der Waals surface area contributed by atoms with Crippen molar-refractivity contribution in [2.75, 3.05) is 7.05 Å². The first kappa shape index (κ1) is 17.0. The lowest BCUT2D eigenvalue weighted by atomic mass is 9.99. The number of carboxylic acids is 1. The molecule has 0 aromatic heterocycles. The van der Waals surface area contributed by atoms with Gasteiger partial charge in [0.05, 0.1) is 5.56 Å². The van der Waals surface area contributed by atoms with Gasteiger partial charge in [-0.2, -0.15) is 0 Å². The maximum Gasteiger partial charge on any atom is 0.335 e. The highest BCUT2D eigenvalue weighted by molar-refractivity contribution is 5.87. The molecule has 0 aliphatic carbocycles.